The molecule has 5 rings (SSSR count). The van der Waals surface area contributed by atoms with E-state index in [1.165, 1.54) is 16.8 Å². The summed E-state index contributed by atoms with van der Waals surface area (Å²) < 4.78 is 34.5. The van der Waals surface area contributed by atoms with Crippen LogP contribution in [0.15, 0.2) is 87.2 Å². The van der Waals surface area contributed by atoms with Crippen molar-refractivity contribution in [3.63, 3.8) is 0 Å². The maximum atomic E-state index is 13.9. The fraction of sp³-hybridized carbons (Fsp3) is 0.0833. The topological polar surface area (TPSA) is 73.8 Å². The highest BCUT2D eigenvalue weighted by Crippen LogP contribution is 2.29. The second-order valence-corrected chi connectivity index (χ2v) is 8.14. The van der Waals surface area contributed by atoms with Gasteiger partial charge < -0.3 is 4.42 Å². The molecule has 3 aromatic carbocycles. The summed E-state index contributed by atoms with van der Waals surface area (Å²) in [7, 11) is 0. The van der Waals surface area contributed by atoms with E-state index in [0.717, 1.165) is 23.4 Å². The van der Waals surface area contributed by atoms with Gasteiger partial charge in [-0.25, -0.2) is 13.5 Å². The van der Waals surface area contributed by atoms with Crippen LogP contribution in [-0.4, -0.2) is 20.0 Å². The Balaban J connectivity index is 1.49. The van der Waals surface area contributed by atoms with Crippen molar-refractivity contribution in [2.24, 2.45) is 0 Å². The van der Waals surface area contributed by atoms with Crippen molar-refractivity contribution in [3.8, 4) is 11.6 Å². The monoisotopic (exact) mass is 462 g/mol. The van der Waals surface area contributed by atoms with Crippen LogP contribution in [-0.2, 0) is 12.3 Å². The Labute approximate surface area is 190 Å². The van der Waals surface area contributed by atoms with Crippen LogP contribution in [0.3, 0.4) is 0 Å². The molecule has 0 atom stereocenters. The van der Waals surface area contributed by atoms with E-state index in [-0.39, 0.29) is 34.5 Å². The molecule has 0 aliphatic heterocycles. The summed E-state index contributed by atoms with van der Waals surface area (Å²) >= 11 is 1.08. The molecular weight excluding hydrogens is 446 g/mol. The van der Waals surface area contributed by atoms with Crippen LogP contribution < -0.4 is 5.56 Å². The first kappa shape index (κ1) is 21.0. The van der Waals surface area contributed by atoms with Gasteiger partial charge in [-0.3, -0.25) is 4.79 Å². The number of benzene rings is 3. The second-order valence-electron chi connectivity index (χ2n) is 7.22. The highest BCUT2D eigenvalue weighted by molar-refractivity contribution is 7.98. The molecule has 0 aliphatic carbocycles. The zero-order valence-corrected chi connectivity index (χ0v) is 17.9. The van der Waals surface area contributed by atoms with Gasteiger partial charge in [0.05, 0.1) is 11.9 Å². The van der Waals surface area contributed by atoms with Gasteiger partial charge in [0.25, 0.3) is 16.7 Å². The van der Waals surface area contributed by atoms with E-state index in [9.17, 15) is 13.6 Å². The smallest absolute Gasteiger partial charge is 0.277 e. The molecule has 0 fully saturated rings. The lowest BCUT2D eigenvalue weighted by Crippen LogP contribution is -2.24. The second kappa shape index (κ2) is 8.95. The number of fused-ring (bicyclic) bond motifs is 1. The molecule has 5 aromatic rings. The molecule has 9 heteroatoms. The Morgan fingerprint density at radius 1 is 0.879 bits per heavy atom. The van der Waals surface area contributed by atoms with E-state index >= 15 is 0 Å². The molecule has 0 aliphatic rings. The summed E-state index contributed by atoms with van der Waals surface area (Å²) in [5.41, 5.74) is 1.26. The van der Waals surface area contributed by atoms with Crippen molar-refractivity contribution in [1.29, 1.82) is 0 Å². The fourth-order valence-electron chi connectivity index (χ4n) is 3.42. The highest BCUT2D eigenvalue weighted by atomic mass is 32.2. The van der Waals surface area contributed by atoms with E-state index in [1.54, 1.807) is 24.3 Å². The Morgan fingerprint density at radius 2 is 1.64 bits per heavy atom. The SMILES string of the molecule is O=c1c2ccccc2c(-c2nnc(SCc3cccc(F)c3F)o2)nn1Cc1ccccc1. The predicted octanol–water partition coefficient (Wildman–Crippen LogP) is 5.07. The summed E-state index contributed by atoms with van der Waals surface area (Å²) in [6, 6.07) is 20.6. The van der Waals surface area contributed by atoms with Crippen LogP contribution in [0.4, 0.5) is 8.78 Å². The van der Waals surface area contributed by atoms with Crippen molar-refractivity contribution in [2.45, 2.75) is 17.5 Å². The van der Waals surface area contributed by atoms with Crippen molar-refractivity contribution >= 4 is 22.5 Å². The molecule has 33 heavy (non-hydrogen) atoms. The lowest BCUT2D eigenvalue weighted by Gasteiger charge is -2.09. The number of aromatic nitrogens is 4. The third-order valence-electron chi connectivity index (χ3n) is 5.03. The van der Waals surface area contributed by atoms with E-state index in [1.807, 2.05) is 30.3 Å². The minimum absolute atomic E-state index is 0.118. The average Bonchev–Trinajstić information content (AvgIpc) is 3.31. The standard InChI is InChI=1S/C24H16F2N4O2S/c25-19-12-6-9-16(20(19)26)14-33-24-28-27-22(32-24)21-17-10-4-5-11-18(17)23(31)30(29-21)13-15-7-2-1-3-8-15/h1-12H,13-14H2. The fourth-order valence-corrected chi connectivity index (χ4v) is 4.16. The molecular formula is C24H16F2N4O2S. The largest absolute Gasteiger partial charge is 0.409 e. The van der Waals surface area contributed by atoms with Gasteiger partial charge in [0.1, 0.15) is 0 Å². The number of hydrogen-bond donors (Lipinski definition) is 0. The molecule has 0 bridgehead atoms. The first-order valence-corrected chi connectivity index (χ1v) is 11.0. The predicted molar refractivity (Wildman–Crippen MR) is 121 cm³/mol. The van der Waals surface area contributed by atoms with E-state index in [2.05, 4.69) is 15.3 Å². The molecule has 0 saturated carbocycles. The maximum absolute atomic E-state index is 13.9. The van der Waals surface area contributed by atoms with Gasteiger partial charge in [-0.15, -0.1) is 10.2 Å². The molecule has 0 amide bonds. The average molecular weight is 462 g/mol. The van der Waals surface area contributed by atoms with Crippen molar-refractivity contribution < 1.29 is 13.2 Å². The van der Waals surface area contributed by atoms with Gasteiger partial charge >= 0.3 is 0 Å². The van der Waals surface area contributed by atoms with Crippen LogP contribution >= 0.6 is 11.8 Å². The van der Waals surface area contributed by atoms with Gasteiger partial charge in [0.2, 0.25) is 0 Å². The molecule has 0 unspecified atom stereocenters. The Bertz CT molecular complexity index is 1500. The van der Waals surface area contributed by atoms with E-state index in [0.29, 0.717) is 16.5 Å². The van der Waals surface area contributed by atoms with Crippen LogP contribution in [0.5, 0.6) is 0 Å². The summed E-state index contributed by atoms with van der Waals surface area (Å²) in [4.78, 5) is 13.0. The molecule has 6 nitrogen and oxygen atoms in total. The van der Waals surface area contributed by atoms with Crippen LogP contribution in [0.2, 0.25) is 0 Å². The number of hydrogen-bond acceptors (Lipinski definition) is 6. The lowest BCUT2D eigenvalue weighted by molar-refractivity contribution is 0.462. The summed E-state index contributed by atoms with van der Waals surface area (Å²) in [6.07, 6.45) is 0. The number of halogens is 2. The molecule has 0 spiro atoms. The zero-order valence-electron chi connectivity index (χ0n) is 17.1. The Morgan fingerprint density at radius 3 is 2.45 bits per heavy atom. The Kier molecular flexibility index (Phi) is 5.70. The molecule has 0 radical (unpaired) electrons. The minimum Gasteiger partial charge on any atom is -0.409 e. The summed E-state index contributed by atoms with van der Waals surface area (Å²) in [5.74, 6) is -1.55. The van der Waals surface area contributed by atoms with Gasteiger partial charge in [-0.2, -0.15) is 5.10 Å². The minimum atomic E-state index is -0.907. The summed E-state index contributed by atoms with van der Waals surface area (Å²) in [5, 5.41) is 13.8. The third-order valence-corrected chi connectivity index (χ3v) is 5.90. The first-order chi connectivity index (χ1) is 16.1. The number of nitrogens with zero attached hydrogens (tertiary/aromatic N) is 4. The molecule has 2 heterocycles. The van der Waals surface area contributed by atoms with Crippen molar-refractivity contribution in [1.82, 2.24) is 20.0 Å². The van der Waals surface area contributed by atoms with Crippen LogP contribution in [0, 0.1) is 11.6 Å². The zero-order chi connectivity index (χ0) is 22.8. The van der Waals surface area contributed by atoms with Crippen LogP contribution in [0.25, 0.3) is 22.4 Å². The van der Waals surface area contributed by atoms with Gasteiger partial charge in [-0.05, 0) is 17.7 Å². The quantitative estimate of drug-likeness (QED) is 0.328. The normalized spacial score (nSPS) is 11.2. The lowest BCUT2D eigenvalue weighted by atomic mass is 10.1. The van der Waals surface area contributed by atoms with Gasteiger partial charge in [0, 0.05) is 16.7 Å². The molecule has 0 N–H and O–H groups in total. The summed E-state index contributed by atoms with van der Waals surface area (Å²) in [6.45, 7) is 0.284. The number of rotatable bonds is 6. The van der Waals surface area contributed by atoms with Gasteiger partial charge in [0.15, 0.2) is 17.3 Å². The van der Waals surface area contributed by atoms with E-state index < -0.39 is 11.6 Å². The van der Waals surface area contributed by atoms with Gasteiger partial charge in [-0.1, -0.05) is 72.4 Å². The van der Waals surface area contributed by atoms with Crippen molar-refractivity contribution in [2.75, 3.05) is 0 Å². The van der Waals surface area contributed by atoms with Crippen molar-refractivity contribution in [3.05, 3.63) is 106 Å². The molecule has 0 saturated heterocycles. The number of thioether (sulfide) groups is 1. The Hall–Kier alpha value is -3.85. The third kappa shape index (κ3) is 4.27. The van der Waals surface area contributed by atoms with E-state index in [4.69, 9.17) is 4.42 Å². The molecule has 2 aromatic heterocycles. The molecule has 164 valence electrons. The first-order valence-electron chi connectivity index (χ1n) is 10.0. The maximum Gasteiger partial charge on any atom is 0.277 e. The van der Waals surface area contributed by atoms with Crippen LogP contribution in [0.1, 0.15) is 11.1 Å². The highest BCUT2D eigenvalue weighted by Gasteiger charge is 2.18.